The molecule has 2 amide bonds. The van der Waals surface area contributed by atoms with Crippen LogP contribution in [0.15, 0.2) is 36.4 Å². The number of anilines is 1. The number of hydrogen-bond acceptors (Lipinski definition) is 3. The minimum absolute atomic E-state index is 0.0162. The third-order valence-electron chi connectivity index (χ3n) is 4.49. The standard InChI is InChI=1S/C19H24N4O2/c1-3-16(19(25)20-11-9-15-7-5-4-6-8-15)23-17-13-14(2)21-22(17)12-10-18(23)24/h4-8,13,16H,3,9-12H2,1-2H3,(H,20,25)/t16-/m0/s1. The SMILES string of the molecule is CC[C@@H](C(=O)NCCc1ccccc1)N1C(=O)CCn2nc(C)cc21. The van der Waals surface area contributed by atoms with Crippen molar-refractivity contribution in [1.82, 2.24) is 15.1 Å². The first kappa shape index (κ1) is 17.2. The Balaban J connectivity index is 1.68. The van der Waals surface area contributed by atoms with Crippen LogP contribution < -0.4 is 10.2 Å². The zero-order valence-corrected chi connectivity index (χ0v) is 14.7. The smallest absolute Gasteiger partial charge is 0.243 e. The molecule has 0 radical (unpaired) electrons. The van der Waals surface area contributed by atoms with Gasteiger partial charge in [0.1, 0.15) is 11.9 Å². The minimum Gasteiger partial charge on any atom is -0.354 e. The van der Waals surface area contributed by atoms with Crippen molar-refractivity contribution in [2.24, 2.45) is 0 Å². The highest BCUT2D eigenvalue weighted by atomic mass is 16.2. The van der Waals surface area contributed by atoms with E-state index in [0.29, 0.717) is 25.9 Å². The maximum atomic E-state index is 12.7. The van der Waals surface area contributed by atoms with E-state index >= 15 is 0 Å². The van der Waals surface area contributed by atoms with E-state index in [1.807, 2.05) is 54.9 Å². The topological polar surface area (TPSA) is 67.2 Å². The molecule has 0 aliphatic carbocycles. The molecule has 2 aromatic rings. The van der Waals surface area contributed by atoms with Gasteiger partial charge in [-0.2, -0.15) is 5.10 Å². The van der Waals surface area contributed by atoms with Gasteiger partial charge in [-0.15, -0.1) is 0 Å². The molecule has 1 aliphatic heterocycles. The van der Waals surface area contributed by atoms with Crippen LogP contribution in [-0.4, -0.2) is 34.2 Å². The maximum Gasteiger partial charge on any atom is 0.243 e. The summed E-state index contributed by atoms with van der Waals surface area (Å²) in [6.45, 7) is 4.95. The Morgan fingerprint density at radius 3 is 2.80 bits per heavy atom. The second-order valence-electron chi connectivity index (χ2n) is 6.33. The summed E-state index contributed by atoms with van der Waals surface area (Å²) >= 11 is 0. The Morgan fingerprint density at radius 1 is 1.32 bits per heavy atom. The molecule has 6 nitrogen and oxygen atoms in total. The van der Waals surface area contributed by atoms with Crippen LogP contribution in [-0.2, 0) is 22.6 Å². The van der Waals surface area contributed by atoms with Crippen molar-refractivity contribution < 1.29 is 9.59 Å². The average molecular weight is 340 g/mol. The molecule has 3 rings (SSSR count). The van der Waals surface area contributed by atoms with E-state index in [9.17, 15) is 9.59 Å². The highest BCUT2D eigenvalue weighted by Crippen LogP contribution is 2.25. The Labute approximate surface area is 147 Å². The second kappa shape index (κ2) is 7.51. The monoisotopic (exact) mass is 340 g/mol. The van der Waals surface area contributed by atoms with Crippen molar-refractivity contribution >= 4 is 17.6 Å². The van der Waals surface area contributed by atoms with Gasteiger partial charge in [0.2, 0.25) is 11.8 Å². The lowest BCUT2D eigenvalue weighted by molar-refractivity contribution is -0.127. The first-order valence-corrected chi connectivity index (χ1v) is 8.78. The van der Waals surface area contributed by atoms with E-state index in [1.54, 1.807) is 4.90 Å². The number of rotatable bonds is 6. The van der Waals surface area contributed by atoms with Gasteiger partial charge < -0.3 is 5.32 Å². The number of nitrogens with one attached hydrogen (secondary N) is 1. The van der Waals surface area contributed by atoms with Gasteiger partial charge in [-0.1, -0.05) is 37.3 Å². The molecule has 1 aliphatic rings. The molecule has 0 unspecified atom stereocenters. The Bertz CT molecular complexity index is 754. The molecule has 1 aromatic heterocycles. The molecule has 0 spiro atoms. The van der Waals surface area contributed by atoms with Crippen molar-refractivity contribution in [2.45, 2.75) is 45.7 Å². The molecule has 0 saturated carbocycles. The van der Waals surface area contributed by atoms with Gasteiger partial charge in [0.05, 0.1) is 12.2 Å². The number of nitrogens with zero attached hydrogens (tertiary/aromatic N) is 3. The fourth-order valence-corrected chi connectivity index (χ4v) is 3.25. The molecular formula is C19H24N4O2. The van der Waals surface area contributed by atoms with Crippen LogP contribution in [0.3, 0.4) is 0 Å². The van der Waals surface area contributed by atoms with Crippen molar-refractivity contribution in [3.8, 4) is 0 Å². The number of amides is 2. The van der Waals surface area contributed by atoms with Crippen molar-refractivity contribution in [1.29, 1.82) is 0 Å². The van der Waals surface area contributed by atoms with Gasteiger partial charge in [-0.3, -0.25) is 14.5 Å². The summed E-state index contributed by atoms with van der Waals surface area (Å²) in [5.74, 6) is 0.593. The summed E-state index contributed by atoms with van der Waals surface area (Å²) in [4.78, 5) is 26.8. The van der Waals surface area contributed by atoms with E-state index in [4.69, 9.17) is 0 Å². The van der Waals surface area contributed by atoms with E-state index in [1.165, 1.54) is 5.56 Å². The summed E-state index contributed by atoms with van der Waals surface area (Å²) in [6, 6.07) is 11.4. The van der Waals surface area contributed by atoms with Crippen LogP contribution in [0, 0.1) is 6.92 Å². The van der Waals surface area contributed by atoms with Gasteiger partial charge in [0.15, 0.2) is 0 Å². The molecule has 1 aromatic carbocycles. The quantitative estimate of drug-likeness (QED) is 0.875. The molecular weight excluding hydrogens is 316 g/mol. The van der Waals surface area contributed by atoms with Gasteiger partial charge in [-0.05, 0) is 25.3 Å². The van der Waals surface area contributed by atoms with E-state index in [-0.39, 0.29) is 11.8 Å². The number of fused-ring (bicyclic) bond motifs is 1. The first-order chi connectivity index (χ1) is 12.1. The highest BCUT2D eigenvalue weighted by Gasteiger charge is 2.34. The predicted molar refractivity (Wildman–Crippen MR) is 96.3 cm³/mol. The van der Waals surface area contributed by atoms with Gasteiger partial charge in [0, 0.05) is 19.0 Å². The average Bonchev–Trinajstić information content (AvgIpc) is 2.99. The summed E-state index contributed by atoms with van der Waals surface area (Å²) in [7, 11) is 0. The largest absolute Gasteiger partial charge is 0.354 e. The Kier molecular flexibility index (Phi) is 5.16. The van der Waals surface area contributed by atoms with Crippen molar-refractivity contribution in [3.63, 3.8) is 0 Å². The van der Waals surface area contributed by atoms with Crippen LogP contribution in [0.1, 0.15) is 31.0 Å². The number of benzene rings is 1. The lowest BCUT2D eigenvalue weighted by atomic mass is 10.1. The lowest BCUT2D eigenvalue weighted by Gasteiger charge is -2.33. The van der Waals surface area contributed by atoms with E-state index < -0.39 is 6.04 Å². The predicted octanol–water partition coefficient (Wildman–Crippen LogP) is 2.07. The van der Waals surface area contributed by atoms with Crippen LogP contribution in [0.5, 0.6) is 0 Å². The third-order valence-corrected chi connectivity index (χ3v) is 4.49. The third kappa shape index (κ3) is 3.73. The number of aromatic nitrogens is 2. The Morgan fingerprint density at radius 2 is 2.08 bits per heavy atom. The first-order valence-electron chi connectivity index (χ1n) is 8.78. The number of hydrogen-bond donors (Lipinski definition) is 1. The fourth-order valence-electron chi connectivity index (χ4n) is 3.25. The molecule has 132 valence electrons. The number of aryl methyl sites for hydroxylation is 2. The lowest BCUT2D eigenvalue weighted by Crippen LogP contribution is -2.52. The summed E-state index contributed by atoms with van der Waals surface area (Å²) in [5.41, 5.74) is 2.03. The zero-order valence-electron chi connectivity index (χ0n) is 14.7. The van der Waals surface area contributed by atoms with Gasteiger partial charge in [-0.25, -0.2) is 4.68 Å². The summed E-state index contributed by atoms with van der Waals surface area (Å²) < 4.78 is 1.82. The van der Waals surface area contributed by atoms with Gasteiger partial charge in [0.25, 0.3) is 0 Å². The van der Waals surface area contributed by atoms with Crippen LogP contribution in [0.25, 0.3) is 0 Å². The van der Waals surface area contributed by atoms with E-state index in [2.05, 4.69) is 10.4 Å². The number of carbonyl (C=O) groups excluding carboxylic acids is 2. The van der Waals surface area contributed by atoms with Crippen LogP contribution in [0.2, 0.25) is 0 Å². The second-order valence-corrected chi connectivity index (χ2v) is 6.33. The van der Waals surface area contributed by atoms with Crippen molar-refractivity contribution in [3.05, 3.63) is 47.7 Å². The van der Waals surface area contributed by atoms with Crippen molar-refractivity contribution in [2.75, 3.05) is 11.4 Å². The molecule has 1 N–H and O–H groups in total. The number of carbonyl (C=O) groups is 2. The maximum absolute atomic E-state index is 12.7. The van der Waals surface area contributed by atoms with Crippen LogP contribution in [0.4, 0.5) is 5.82 Å². The molecule has 0 saturated heterocycles. The molecule has 6 heteroatoms. The summed E-state index contributed by atoms with van der Waals surface area (Å²) in [5, 5.41) is 7.38. The zero-order chi connectivity index (χ0) is 17.8. The molecule has 0 fully saturated rings. The van der Waals surface area contributed by atoms with E-state index in [0.717, 1.165) is 17.9 Å². The summed E-state index contributed by atoms with van der Waals surface area (Å²) in [6.07, 6.45) is 1.71. The fraction of sp³-hybridized carbons (Fsp3) is 0.421. The molecule has 0 bridgehead atoms. The molecule has 25 heavy (non-hydrogen) atoms. The normalized spacial score (nSPS) is 15.0. The van der Waals surface area contributed by atoms with Gasteiger partial charge >= 0.3 is 0 Å². The highest BCUT2D eigenvalue weighted by molar-refractivity contribution is 6.00. The van der Waals surface area contributed by atoms with Crippen LogP contribution >= 0.6 is 0 Å². The minimum atomic E-state index is -0.501. The Hall–Kier alpha value is -2.63. The molecule has 2 heterocycles. The molecule has 1 atom stereocenters.